The minimum atomic E-state index is -1.87. The summed E-state index contributed by atoms with van der Waals surface area (Å²) in [6, 6.07) is 0. The standard InChI is InChI=1S/C13H26O4Si/c1-12(2,3)18(6,7)16-8-9-10(14)13(4,5)11(15)17-9/h9-10,14H,8H2,1-7H3/t9-,10-/m1/s1. The smallest absolute Gasteiger partial charge is 0.314 e. The van der Waals surface area contributed by atoms with Crippen molar-refractivity contribution in [2.45, 2.75) is 65.0 Å². The van der Waals surface area contributed by atoms with Crippen molar-refractivity contribution in [3.8, 4) is 0 Å². The summed E-state index contributed by atoms with van der Waals surface area (Å²) >= 11 is 0. The molecule has 2 atom stereocenters. The van der Waals surface area contributed by atoms with Crippen LogP contribution in [0.5, 0.6) is 0 Å². The molecule has 1 rings (SSSR count). The SMILES string of the molecule is CC1(C)C(=O)O[C@H](CO[Si](C)(C)C(C)(C)C)[C@H]1O. The zero-order valence-corrected chi connectivity index (χ0v) is 13.5. The average Bonchev–Trinajstić information content (AvgIpc) is 2.38. The Labute approximate surface area is 111 Å². The van der Waals surface area contributed by atoms with Crippen molar-refractivity contribution in [1.82, 2.24) is 0 Å². The average molecular weight is 274 g/mol. The summed E-state index contributed by atoms with van der Waals surface area (Å²) in [5.41, 5.74) is -0.832. The van der Waals surface area contributed by atoms with E-state index >= 15 is 0 Å². The van der Waals surface area contributed by atoms with Gasteiger partial charge < -0.3 is 14.3 Å². The molecule has 0 amide bonds. The normalized spacial score (nSPS) is 28.3. The number of aliphatic hydroxyl groups excluding tert-OH is 1. The second-order valence-corrected chi connectivity index (χ2v) is 12.0. The highest BCUT2D eigenvalue weighted by molar-refractivity contribution is 6.74. The summed E-state index contributed by atoms with van der Waals surface area (Å²) in [6.45, 7) is 14.4. The van der Waals surface area contributed by atoms with Crippen molar-refractivity contribution in [1.29, 1.82) is 0 Å². The molecule has 4 nitrogen and oxygen atoms in total. The van der Waals surface area contributed by atoms with E-state index in [9.17, 15) is 9.90 Å². The molecule has 1 saturated heterocycles. The van der Waals surface area contributed by atoms with E-state index in [2.05, 4.69) is 33.9 Å². The third-order valence-electron chi connectivity index (χ3n) is 4.29. The Morgan fingerprint density at radius 2 is 1.89 bits per heavy atom. The highest BCUT2D eigenvalue weighted by Crippen LogP contribution is 2.38. The van der Waals surface area contributed by atoms with Crippen LogP contribution in [0.2, 0.25) is 18.1 Å². The van der Waals surface area contributed by atoms with Crippen molar-refractivity contribution in [2.24, 2.45) is 5.41 Å². The van der Waals surface area contributed by atoms with Crippen molar-refractivity contribution in [2.75, 3.05) is 6.61 Å². The van der Waals surface area contributed by atoms with Gasteiger partial charge in [0.15, 0.2) is 14.4 Å². The highest BCUT2D eigenvalue weighted by Gasteiger charge is 2.51. The van der Waals surface area contributed by atoms with Crippen molar-refractivity contribution in [3.63, 3.8) is 0 Å². The lowest BCUT2D eigenvalue weighted by atomic mass is 9.87. The monoisotopic (exact) mass is 274 g/mol. The van der Waals surface area contributed by atoms with Gasteiger partial charge in [0, 0.05) is 0 Å². The molecule has 0 radical (unpaired) electrons. The van der Waals surface area contributed by atoms with Crippen LogP contribution >= 0.6 is 0 Å². The van der Waals surface area contributed by atoms with Crippen LogP contribution in [0.4, 0.5) is 0 Å². The molecule has 5 heteroatoms. The topological polar surface area (TPSA) is 55.8 Å². The molecule has 0 aromatic carbocycles. The van der Waals surface area contributed by atoms with Crippen LogP contribution in [-0.4, -0.2) is 38.2 Å². The Hall–Kier alpha value is -0.393. The molecule has 0 aromatic rings. The summed E-state index contributed by atoms with van der Waals surface area (Å²) in [4.78, 5) is 11.6. The first kappa shape index (κ1) is 15.7. The van der Waals surface area contributed by atoms with Gasteiger partial charge in [-0.3, -0.25) is 4.79 Å². The largest absolute Gasteiger partial charge is 0.457 e. The van der Waals surface area contributed by atoms with Gasteiger partial charge in [-0.25, -0.2) is 0 Å². The fraction of sp³-hybridized carbons (Fsp3) is 0.923. The molecular weight excluding hydrogens is 248 g/mol. The van der Waals surface area contributed by atoms with Crippen LogP contribution < -0.4 is 0 Å². The summed E-state index contributed by atoms with van der Waals surface area (Å²) in [7, 11) is -1.87. The number of hydrogen-bond donors (Lipinski definition) is 1. The zero-order chi connectivity index (χ0) is 14.4. The molecule has 106 valence electrons. The van der Waals surface area contributed by atoms with Crippen LogP contribution in [0.25, 0.3) is 0 Å². The first-order valence-corrected chi connectivity index (χ1v) is 9.33. The molecule has 1 aliphatic rings. The minimum Gasteiger partial charge on any atom is -0.457 e. The number of carbonyl (C=O) groups is 1. The van der Waals surface area contributed by atoms with Gasteiger partial charge in [-0.05, 0) is 32.0 Å². The highest BCUT2D eigenvalue weighted by atomic mass is 28.4. The second-order valence-electron chi connectivity index (χ2n) is 7.18. The van der Waals surface area contributed by atoms with Crippen LogP contribution in [0.15, 0.2) is 0 Å². The van der Waals surface area contributed by atoms with Gasteiger partial charge in [0.1, 0.15) is 6.10 Å². The van der Waals surface area contributed by atoms with Gasteiger partial charge in [0.25, 0.3) is 0 Å². The van der Waals surface area contributed by atoms with Gasteiger partial charge in [-0.15, -0.1) is 0 Å². The number of ether oxygens (including phenoxy) is 1. The van der Waals surface area contributed by atoms with E-state index in [1.807, 2.05) is 0 Å². The van der Waals surface area contributed by atoms with Crippen molar-refractivity contribution >= 4 is 14.3 Å². The van der Waals surface area contributed by atoms with E-state index in [1.54, 1.807) is 13.8 Å². The third-order valence-corrected chi connectivity index (χ3v) is 8.79. The molecule has 1 aliphatic heterocycles. The molecule has 0 saturated carbocycles. The van der Waals surface area contributed by atoms with E-state index < -0.39 is 25.9 Å². The van der Waals surface area contributed by atoms with Crippen molar-refractivity contribution < 1.29 is 19.1 Å². The number of rotatable bonds is 3. The van der Waals surface area contributed by atoms with E-state index in [0.29, 0.717) is 0 Å². The molecule has 0 aliphatic carbocycles. The molecule has 0 unspecified atom stereocenters. The minimum absolute atomic E-state index is 0.107. The Morgan fingerprint density at radius 1 is 1.39 bits per heavy atom. The van der Waals surface area contributed by atoms with Crippen LogP contribution in [0, 0.1) is 5.41 Å². The van der Waals surface area contributed by atoms with Gasteiger partial charge in [0.05, 0.1) is 12.0 Å². The maximum Gasteiger partial charge on any atom is 0.314 e. The summed E-state index contributed by atoms with van der Waals surface area (Å²) < 4.78 is 11.2. The Bertz CT molecular complexity index is 330. The van der Waals surface area contributed by atoms with Crippen molar-refractivity contribution in [3.05, 3.63) is 0 Å². The number of hydrogen-bond acceptors (Lipinski definition) is 4. The molecule has 0 aromatic heterocycles. The lowest BCUT2D eigenvalue weighted by molar-refractivity contribution is -0.148. The van der Waals surface area contributed by atoms with E-state index in [0.717, 1.165) is 0 Å². The van der Waals surface area contributed by atoms with Gasteiger partial charge in [-0.1, -0.05) is 20.8 Å². The Morgan fingerprint density at radius 3 is 2.22 bits per heavy atom. The molecule has 1 fully saturated rings. The first-order valence-electron chi connectivity index (χ1n) is 6.43. The van der Waals surface area contributed by atoms with Gasteiger partial charge in [-0.2, -0.15) is 0 Å². The number of carbonyl (C=O) groups excluding carboxylic acids is 1. The summed E-state index contributed by atoms with van der Waals surface area (Å²) in [5.74, 6) is -0.348. The van der Waals surface area contributed by atoms with E-state index in [-0.39, 0.29) is 17.6 Å². The Kier molecular flexibility index (Phi) is 4.02. The van der Waals surface area contributed by atoms with Gasteiger partial charge in [0.2, 0.25) is 0 Å². The molecule has 0 spiro atoms. The van der Waals surface area contributed by atoms with Crippen LogP contribution in [0.1, 0.15) is 34.6 Å². The lowest BCUT2D eigenvalue weighted by Gasteiger charge is -2.37. The number of cyclic esters (lactones) is 1. The molecule has 0 bridgehead atoms. The molecular formula is C13H26O4Si. The van der Waals surface area contributed by atoms with E-state index in [4.69, 9.17) is 9.16 Å². The quantitative estimate of drug-likeness (QED) is 0.634. The van der Waals surface area contributed by atoms with Crippen LogP contribution in [-0.2, 0) is 14.0 Å². The lowest BCUT2D eigenvalue weighted by Crippen LogP contribution is -2.44. The molecule has 1 heterocycles. The zero-order valence-electron chi connectivity index (χ0n) is 12.5. The second kappa shape index (κ2) is 4.61. The number of esters is 1. The number of aliphatic hydroxyl groups is 1. The Balaban J connectivity index is 2.64. The maximum absolute atomic E-state index is 11.6. The summed E-state index contributed by atoms with van der Waals surface area (Å²) in [6.07, 6.45) is -1.34. The fourth-order valence-corrected chi connectivity index (χ4v) is 2.59. The predicted molar refractivity (Wildman–Crippen MR) is 72.8 cm³/mol. The summed E-state index contributed by atoms with van der Waals surface area (Å²) in [5, 5.41) is 10.2. The predicted octanol–water partition coefficient (Wildman–Crippen LogP) is 2.32. The third kappa shape index (κ3) is 2.78. The maximum atomic E-state index is 11.6. The molecule has 18 heavy (non-hydrogen) atoms. The van der Waals surface area contributed by atoms with Crippen LogP contribution in [0.3, 0.4) is 0 Å². The van der Waals surface area contributed by atoms with Gasteiger partial charge >= 0.3 is 5.97 Å². The fourth-order valence-electron chi connectivity index (χ4n) is 1.57. The van der Waals surface area contributed by atoms with E-state index in [1.165, 1.54) is 0 Å². The molecule has 1 N–H and O–H groups in total. The first-order chi connectivity index (χ1) is 7.89.